The number of rotatable bonds is 6. The van der Waals surface area contributed by atoms with Gasteiger partial charge in [-0.1, -0.05) is 19.9 Å². The summed E-state index contributed by atoms with van der Waals surface area (Å²) < 4.78 is 27.3. The number of piperidine rings is 2. The lowest BCUT2D eigenvalue weighted by Gasteiger charge is -2.47. The number of nitrogens with zero attached hydrogens (tertiary/aromatic N) is 3. The Labute approximate surface area is 185 Å². The van der Waals surface area contributed by atoms with Gasteiger partial charge < -0.3 is 9.80 Å². The van der Waals surface area contributed by atoms with Crippen LogP contribution in [-0.2, 0) is 14.8 Å². The van der Waals surface area contributed by atoms with Crippen molar-refractivity contribution >= 4 is 21.8 Å². The van der Waals surface area contributed by atoms with Gasteiger partial charge in [0.15, 0.2) is 0 Å². The summed E-state index contributed by atoms with van der Waals surface area (Å²) in [5.41, 5.74) is 1.24. The molecule has 0 aromatic heterocycles. The second kappa shape index (κ2) is 8.54. The van der Waals surface area contributed by atoms with E-state index >= 15 is 0 Å². The van der Waals surface area contributed by atoms with Crippen molar-refractivity contribution in [1.82, 2.24) is 14.1 Å². The number of sulfonamides is 1. The average molecular weight is 448 g/mol. The number of amides is 2. The van der Waals surface area contributed by atoms with Gasteiger partial charge in [-0.3, -0.25) is 9.59 Å². The lowest BCUT2D eigenvalue weighted by molar-refractivity contribution is -0.141. The minimum atomic E-state index is -3.62. The largest absolute Gasteiger partial charge is 0.338 e. The van der Waals surface area contributed by atoms with Gasteiger partial charge in [-0.15, -0.1) is 0 Å². The van der Waals surface area contributed by atoms with Crippen molar-refractivity contribution in [2.75, 3.05) is 26.2 Å². The molecule has 4 rings (SSSR count). The van der Waals surface area contributed by atoms with Crippen molar-refractivity contribution in [3.63, 3.8) is 0 Å². The van der Waals surface area contributed by atoms with E-state index in [1.165, 1.54) is 10.4 Å². The van der Waals surface area contributed by atoms with Crippen molar-refractivity contribution < 1.29 is 18.0 Å². The van der Waals surface area contributed by atoms with Gasteiger partial charge >= 0.3 is 0 Å². The molecule has 8 heteroatoms. The molecule has 7 nitrogen and oxygen atoms in total. The summed E-state index contributed by atoms with van der Waals surface area (Å²) in [4.78, 5) is 30.0. The number of aryl methyl sites for hydroxylation is 1. The first kappa shape index (κ1) is 22.3. The number of benzene rings is 1. The second-order valence-corrected chi connectivity index (χ2v) is 10.9. The van der Waals surface area contributed by atoms with E-state index in [0.29, 0.717) is 50.1 Å². The first-order valence-electron chi connectivity index (χ1n) is 11.5. The van der Waals surface area contributed by atoms with E-state index in [2.05, 4.69) is 4.90 Å². The molecule has 0 N–H and O–H groups in total. The van der Waals surface area contributed by atoms with E-state index in [1.54, 1.807) is 12.1 Å². The molecule has 1 aromatic carbocycles. The predicted octanol–water partition coefficient (Wildman–Crippen LogP) is 2.64. The van der Waals surface area contributed by atoms with Crippen LogP contribution in [0.5, 0.6) is 0 Å². The molecule has 0 radical (unpaired) electrons. The van der Waals surface area contributed by atoms with Gasteiger partial charge in [-0.25, -0.2) is 8.42 Å². The van der Waals surface area contributed by atoms with Gasteiger partial charge in [-0.05, 0) is 56.2 Å². The van der Waals surface area contributed by atoms with Gasteiger partial charge in [0.05, 0.1) is 4.90 Å². The Hall–Kier alpha value is -1.93. The monoisotopic (exact) mass is 447 g/mol. The average Bonchev–Trinajstić information content (AvgIpc) is 3.58. The smallest absolute Gasteiger partial charge is 0.254 e. The van der Waals surface area contributed by atoms with Gasteiger partial charge in [0.25, 0.3) is 5.91 Å². The Morgan fingerprint density at radius 2 is 1.84 bits per heavy atom. The normalized spacial score (nSPS) is 24.5. The summed E-state index contributed by atoms with van der Waals surface area (Å²) in [7, 11) is -3.62. The van der Waals surface area contributed by atoms with Crippen LogP contribution in [0, 0.1) is 12.8 Å². The zero-order valence-corrected chi connectivity index (χ0v) is 19.5. The summed E-state index contributed by atoms with van der Waals surface area (Å²) in [6.07, 6.45) is 4.40. The molecule has 0 bridgehead atoms. The molecule has 31 heavy (non-hydrogen) atoms. The molecule has 2 aliphatic heterocycles. The summed E-state index contributed by atoms with van der Waals surface area (Å²) in [5.74, 6) is 0.468. The van der Waals surface area contributed by atoms with Crippen LogP contribution in [-0.4, -0.2) is 72.6 Å². The Morgan fingerprint density at radius 3 is 2.48 bits per heavy atom. The molecule has 2 unspecified atom stereocenters. The summed E-state index contributed by atoms with van der Waals surface area (Å²) in [6, 6.07) is 5.51. The maximum atomic E-state index is 13.4. The minimum Gasteiger partial charge on any atom is -0.338 e. The Morgan fingerprint density at radius 1 is 1.13 bits per heavy atom. The summed E-state index contributed by atoms with van der Waals surface area (Å²) in [6.45, 7) is 7.48. The first-order valence-corrected chi connectivity index (χ1v) is 12.9. The van der Waals surface area contributed by atoms with E-state index in [4.69, 9.17) is 0 Å². The summed E-state index contributed by atoms with van der Waals surface area (Å²) >= 11 is 0. The number of likely N-dealkylation sites (tertiary alicyclic amines) is 2. The third-order valence-corrected chi connectivity index (χ3v) is 9.12. The van der Waals surface area contributed by atoms with Crippen LogP contribution < -0.4 is 0 Å². The molecule has 1 aliphatic carbocycles. The highest BCUT2D eigenvalue weighted by Gasteiger charge is 2.46. The van der Waals surface area contributed by atoms with Gasteiger partial charge in [0.1, 0.15) is 0 Å². The number of carbonyl (C=O) groups is 2. The highest BCUT2D eigenvalue weighted by Crippen LogP contribution is 2.39. The van der Waals surface area contributed by atoms with E-state index in [1.807, 2.05) is 25.7 Å². The van der Waals surface area contributed by atoms with Crippen molar-refractivity contribution in [1.29, 1.82) is 0 Å². The quantitative estimate of drug-likeness (QED) is 0.672. The Kier molecular flexibility index (Phi) is 6.14. The van der Waals surface area contributed by atoms with Crippen LogP contribution in [0.4, 0.5) is 0 Å². The van der Waals surface area contributed by atoms with E-state index in [-0.39, 0.29) is 22.8 Å². The predicted molar refractivity (Wildman–Crippen MR) is 118 cm³/mol. The fourth-order valence-electron chi connectivity index (χ4n) is 5.18. The van der Waals surface area contributed by atoms with Gasteiger partial charge in [-0.2, -0.15) is 4.31 Å². The first-order chi connectivity index (χ1) is 14.8. The summed E-state index contributed by atoms with van der Waals surface area (Å²) in [5, 5.41) is 0. The molecule has 3 fully saturated rings. The molecular formula is C23H33N3O4S. The highest BCUT2D eigenvalue weighted by atomic mass is 32.2. The van der Waals surface area contributed by atoms with E-state index in [0.717, 1.165) is 31.2 Å². The molecule has 2 saturated heterocycles. The van der Waals surface area contributed by atoms with E-state index < -0.39 is 10.0 Å². The SMILES string of the molecule is CCN(CC)S(=O)(=O)c1ccc(C)c(C(=O)N2CCC3C(CCC(=O)N3C3CC3)C2)c1. The molecule has 2 heterocycles. The van der Waals surface area contributed by atoms with Crippen LogP contribution in [0.2, 0.25) is 0 Å². The zero-order valence-electron chi connectivity index (χ0n) is 18.7. The minimum absolute atomic E-state index is 0.109. The van der Waals surface area contributed by atoms with Crippen molar-refractivity contribution in [2.24, 2.45) is 5.92 Å². The molecule has 3 aliphatic rings. The topological polar surface area (TPSA) is 78.0 Å². The Bertz CT molecular complexity index is 969. The third-order valence-electron chi connectivity index (χ3n) is 7.08. The standard InChI is InChI=1S/C23H33N3O4S/c1-4-25(5-2)31(29,30)19-10-6-16(3)20(14-19)23(28)24-13-12-21-17(15-24)7-11-22(27)26(21)18-8-9-18/h6,10,14,17-18,21H,4-5,7-9,11-13,15H2,1-3H3. The Balaban J connectivity index is 1.54. The van der Waals surface area contributed by atoms with E-state index in [9.17, 15) is 18.0 Å². The number of hydrogen-bond donors (Lipinski definition) is 0. The number of hydrogen-bond acceptors (Lipinski definition) is 4. The molecule has 170 valence electrons. The fraction of sp³-hybridized carbons (Fsp3) is 0.652. The molecule has 0 spiro atoms. The van der Waals surface area contributed by atoms with Gasteiger partial charge in [0, 0.05) is 50.2 Å². The maximum absolute atomic E-state index is 13.4. The molecule has 2 atom stereocenters. The third kappa shape index (κ3) is 4.12. The maximum Gasteiger partial charge on any atom is 0.254 e. The van der Waals surface area contributed by atoms with Gasteiger partial charge in [0.2, 0.25) is 15.9 Å². The van der Waals surface area contributed by atoms with Crippen LogP contribution in [0.3, 0.4) is 0 Å². The van der Waals surface area contributed by atoms with Crippen LogP contribution in [0.15, 0.2) is 23.1 Å². The molecule has 1 saturated carbocycles. The van der Waals surface area contributed by atoms with Crippen molar-refractivity contribution in [3.8, 4) is 0 Å². The van der Waals surface area contributed by atoms with Crippen LogP contribution in [0.1, 0.15) is 61.9 Å². The molecule has 2 amide bonds. The van der Waals surface area contributed by atoms with Crippen molar-refractivity contribution in [2.45, 2.75) is 69.9 Å². The fourth-order valence-corrected chi connectivity index (χ4v) is 6.66. The lowest BCUT2D eigenvalue weighted by Crippen LogP contribution is -2.57. The van der Waals surface area contributed by atoms with Crippen LogP contribution >= 0.6 is 0 Å². The number of carbonyl (C=O) groups excluding carboxylic acids is 2. The molecular weight excluding hydrogens is 414 g/mol. The lowest BCUT2D eigenvalue weighted by atomic mass is 9.83. The zero-order chi connectivity index (χ0) is 22.3. The highest BCUT2D eigenvalue weighted by molar-refractivity contribution is 7.89. The van der Waals surface area contributed by atoms with Crippen LogP contribution in [0.25, 0.3) is 0 Å². The number of fused-ring (bicyclic) bond motifs is 1. The molecule has 1 aromatic rings. The van der Waals surface area contributed by atoms with Crippen molar-refractivity contribution in [3.05, 3.63) is 29.3 Å². The second-order valence-electron chi connectivity index (χ2n) is 9.00.